The number of benzene rings is 3. The van der Waals surface area contributed by atoms with E-state index >= 15 is 0 Å². The van der Waals surface area contributed by atoms with Gasteiger partial charge in [-0.15, -0.1) is 0 Å². The van der Waals surface area contributed by atoms with Crippen molar-refractivity contribution in [1.82, 2.24) is 5.32 Å². The van der Waals surface area contributed by atoms with Gasteiger partial charge < -0.3 is 9.05 Å². The van der Waals surface area contributed by atoms with Gasteiger partial charge in [0.2, 0.25) is 0 Å². The Kier molecular flexibility index (Phi) is 8.22. The maximum Gasteiger partial charge on any atom is 0.347 e. The fraction of sp³-hybridized carbons (Fsp3) is 0.308. The van der Waals surface area contributed by atoms with E-state index in [0.29, 0.717) is 19.6 Å². The van der Waals surface area contributed by atoms with Gasteiger partial charge in [0.1, 0.15) is 5.78 Å². The van der Waals surface area contributed by atoms with Gasteiger partial charge in [0.15, 0.2) is 0 Å². The molecule has 0 aliphatic rings. The third-order valence-electron chi connectivity index (χ3n) is 5.39. The lowest BCUT2D eigenvalue weighted by molar-refractivity contribution is 0.201. The van der Waals surface area contributed by atoms with E-state index in [1.54, 1.807) is 0 Å². The lowest BCUT2D eigenvalue weighted by atomic mass is 9.77. The molecule has 31 heavy (non-hydrogen) atoms. The highest BCUT2D eigenvalue weighted by Crippen LogP contribution is 2.55. The van der Waals surface area contributed by atoms with Gasteiger partial charge in [-0.05, 0) is 37.0 Å². The van der Waals surface area contributed by atoms with Gasteiger partial charge in [-0.1, -0.05) is 97.9 Å². The number of nitrogens with one attached hydrogen (secondary N) is 1. The maximum atomic E-state index is 13.8. The Hall–Kier alpha value is -2.23. The van der Waals surface area contributed by atoms with Crippen molar-refractivity contribution in [2.75, 3.05) is 13.2 Å². The van der Waals surface area contributed by atoms with Crippen molar-refractivity contribution in [3.8, 4) is 0 Å². The summed E-state index contributed by atoms with van der Waals surface area (Å²) in [5.41, 5.74) is 2.45. The third kappa shape index (κ3) is 4.99. The first-order chi connectivity index (χ1) is 15.1. The molecule has 5 heteroatoms. The molecule has 164 valence electrons. The Morgan fingerprint density at radius 1 is 0.710 bits per heavy atom. The largest absolute Gasteiger partial charge is 0.347 e. The first kappa shape index (κ1) is 23.4. The molecule has 0 fully saturated rings. The highest BCUT2D eigenvalue weighted by Gasteiger charge is 2.44. The molecule has 0 radical (unpaired) electrons. The molecular weight excluding hydrogens is 405 g/mol. The van der Waals surface area contributed by atoms with Crippen LogP contribution in [0.3, 0.4) is 0 Å². The summed E-state index contributed by atoms with van der Waals surface area (Å²) in [6.45, 7) is 6.34. The molecule has 0 saturated heterocycles. The maximum absolute atomic E-state index is 13.8. The van der Waals surface area contributed by atoms with Gasteiger partial charge in [-0.3, -0.25) is 9.88 Å². The summed E-state index contributed by atoms with van der Waals surface area (Å²) in [6.07, 6.45) is 0.589. The summed E-state index contributed by atoms with van der Waals surface area (Å²) in [5, 5.41) is 3.76. The van der Waals surface area contributed by atoms with E-state index in [-0.39, 0.29) is 0 Å². The van der Waals surface area contributed by atoms with Crippen molar-refractivity contribution in [2.24, 2.45) is 0 Å². The first-order valence-electron chi connectivity index (χ1n) is 10.9. The minimum atomic E-state index is -3.40. The molecule has 0 aliphatic heterocycles. The molecule has 3 aromatic rings. The van der Waals surface area contributed by atoms with Crippen molar-refractivity contribution < 1.29 is 13.6 Å². The van der Waals surface area contributed by atoms with Crippen molar-refractivity contribution in [1.29, 1.82) is 0 Å². The molecule has 0 saturated carbocycles. The third-order valence-corrected chi connectivity index (χ3v) is 7.88. The average Bonchev–Trinajstić information content (AvgIpc) is 2.82. The van der Waals surface area contributed by atoms with E-state index in [1.807, 2.05) is 75.4 Å². The monoisotopic (exact) mass is 437 g/mol. The lowest BCUT2D eigenvalue weighted by Gasteiger charge is -2.41. The zero-order chi connectivity index (χ0) is 22.2. The standard InChI is InChI=1S/C26H32NO3P/c1-4-25(31(28,29-5-2)30-6-3)27-26(22-16-10-7-11-17-22,23-18-12-8-13-19-23)24-20-14-9-15-21-24/h7-21,25,27H,4-6H2,1-3H3. The van der Waals surface area contributed by atoms with E-state index in [1.165, 1.54) is 0 Å². The predicted octanol–water partition coefficient (Wildman–Crippen LogP) is 6.57. The van der Waals surface area contributed by atoms with E-state index < -0.39 is 18.9 Å². The molecule has 0 bridgehead atoms. The second-order valence-corrected chi connectivity index (χ2v) is 9.51. The summed E-state index contributed by atoms with van der Waals surface area (Å²) in [6, 6.07) is 30.8. The van der Waals surface area contributed by atoms with Crippen LogP contribution in [-0.4, -0.2) is 19.0 Å². The molecule has 0 spiro atoms. The Morgan fingerprint density at radius 3 is 1.35 bits per heavy atom. The summed E-state index contributed by atoms with van der Waals surface area (Å²) in [4.78, 5) is 0. The van der Waals surface area contributed by atoms with Crippen molar-refractivity contribution in [3.05, 3.63) is 108 Å². The van der Waals surface area contributed by atoms with Crippen LogP contribution in [-0.2, 0) is 19.2 Å². The van der Waals surface area contributed by atoms with Crippen molar-refractivity contribution in [3.63, 3.8) is 0 Å². The summed E-state index contributed by atoms with van der Waals surface area (Å²) in [5.74, 6) is -0.493. The zero-order valence-electron chi connectivity index (χ0n) is 18.5. The molecule has 0 aliphatic carbocycles. The minimum absolute atomic E-state index is 0.324. The summed E-state index contributed by atoms with van der Waals surface area (Å²) in [7, 11) is -3.40. The molecular formula is C26H32NO3P. The van der Waals surface area contributed by atoms with Crippen LogP contribution in [0.5, 0.6) is 0 Å². The fourth-order valence-corrected chi connectivity index (χ4v) is 6.00. The minimum Gasteiger partial charge on any atom is -0.308 e. The Labute approximate surface area is 186 Å². The molecule has 1 unspecified atom stereocenters. The average molecular weight is 438 g/mol. The van der Waals surface area contributed by atoms with Gasteiger partial charge in [0.05, 0.1) is 18.8 Å². The van der Waals surface area contributed by atoms with E-state index in [4.69, 9.17) is 9.05 Å². The highest BCUT2D eigenvalue weighted by molar-refractivity contribution is 7.54. The van der Waals surface area contributed by atoms with E-state index in [9.17, 15) is 4.57 Å². The number of hydrogen-bond donors (Lipinski definition) is 1. The summed E-state index contributed by atoms with van der Waals surface area (Å²) < 4.78 is 25.3. The van der Waals surface area contributed by atoms with Crippen LogP contribution in [0.1, 0.15) is 43.9 Å². The molecule has 0 heterocycles. The van der Waals surface area contributed by atoms with Gasteiger partial charge in [-0.25, -0.2) is 0 Å². The molecule has 3 rings (SSSR count). The molecule has 4 nitrogen and oxygen atoms in total. The topological polar surface area (TPSA) is 47.6 Å². The second-order valence-electron chi connectivity index (χ2n) is 7.29. The van der Waals surface area contributed by atoms with Gasteiger partial charge in [-0.2, -0.15) is 0 Å². The van der Waals surface area contributed by atoms with Crippen molar-refractivity contribution in [2.45, 2.75) is 38.5 Å². The lowest BCUT2D eigenvalue weighted by Crippen LogP contribution is -2.49. The highest BCUT2D eigenvalue weighted by atomic mass is 31.2. The van der Waals surface area contributed by atoms with Crippen LogP contribution < -0.4 is 5.32 Å². The van der Waals surface area contributed by atoms with Crippen LogP contribution in [0.25, 0.3) is 0 Å². The first-order valence-corrected chi connectivity index (χ1v) is 12.5. The van der Waals surface area contributed by atoms with Crippen LogP contribution in [0, 0.1) is 0 Å². The Bertz CT molecular complexity index is 857. The van der Waals surface area contributed by atoms with Crippen LogP contribution in [0.4, 0.5) is 0 Å². The number of rotatable bonds is 11. The molecule has 1 atom stereocenters. The smallest absolute Gasteiger partial charge is 0.308 e. The summed E-state index contributed by atoms with van der Waals surface area (Å²) >= 11 is 0. The van der Waals surface area contributed by atoms with Gasteiger partial charge in [0, 0.05) is 0 Å². The quantitative estimate of drug-likeness (QED) is 0.272. The van der Waals surface area contributed by atoms with Gasteiger partial charge in [0.25, 0.3) is 0 Å². The van der Waals surface area contributed by atoms with E-state index in [2.05, 4.69) is 41.7 Å². The SMILES string of the molecule is CCOP(=O)(OCC)C(CC)NC(c1ccccc1)(c1ccccc1)c1ccccc1. The molecule has 3 aromatic carbocycles. The molecule has 0 amide bonds. The Balaban J connectivity index is 2.26. The van der Waals surface area contributed by atoms with Crippen molar-refractivity contribution >= 4 is 7.60 Å². The normalized spacial score (nSPS) is 13.1. The van der Waals surface area contributed by atoms with Crippen LogP contribution >= 0.6 is 7.60 Å². The van der Waals surface area contributed by atoms with Crippen LogP contribution in [0.15, 0.2) is 91.0 Å². The second kappa shape index (κ2) is 10.9. The Morgan fingerprint density at radius 2 is 1.06 bits per heavy atom. The molecule has 1 N–H and O–H groups in total. The zero-order valence-corrected chi connectivity index (χ0v) is 19.4. The van der Waals surface area contributed by atoms with Gasteiger partial charge >= 0.3 is 7.60 Å². The molecule has 0 aromatic heterocycles. The fourth-order valence-electron chi connectivity index (χ4n) is 4.05. The van der Waals surface area contributed by atoms with E-state index in [0.717, 1.165) is 16.7 Å². The predicted molar refractivity (Wildman–Crippen MR) is 127 cm³/mol. The van der Waals surface area contributed by atoms with Crippen LogP contribution in [0.2, 0.25) is 0 Å². The number of hydrogen-bond acceptors (Lipinski definition) is 4.